The number of benzene rings is 1. The molecule has 2 N–H and O–H groups in total. The molecule has 0 fully saturated rings. The van der Waals surface area contributed by atoms with Crippen molar-refractivity contribution in [1.29, 1.82) is 0 Å². The minimum atomic E-state index is -0.996. The van der Waals surface area contributed by atoms with E-state index in [2.05, 4.69) is 18.8 Å². The third-order valence-electron chi connectivity index (χ3n) is 3.86. The highest BCUT2D eigenvalue weighted by molar-refractivity contribution is 5.69. The monoisotopic (exact) mass is 340 g/mol. The highest BCUT2D eigenvalue weighted by Crippen LogP contribution is 2.18. The maximum atomic E-state index is 11.7. The Morgan fingerprint density at radius 3 is 2.60 bits per heavy atom. The molecule has 2 atom stereocenters. The minimum Gasteiger partial charge on any atom is -0.444 e. The second-order valence-electron chi connectivity index (χ2n) is 5.82. The Morgan fingerprint density at radius 1 is 1.28 bits per heavy atom. The number of carbonyl (C=O) groups is 1. The van der Waals surface area contributed by atoms with Crippen molar-refractivity contribution in [2.24, 2.45) is 5.84 Å². The third kappa shape index (κ3) is 5.13. The van der Waals surface area contributed by atoms with Crippen molar-refractivity contribution in [3.63, 3.8) is 0 Å². The molecule has 1 aliphatic heterocycles. The van der Waals surface area contributed by atoms with E-state index >= 15 is 0 Å². The first-order valence-corrected chi connectivity index (χ1v) is 8.34. The van der Waals surface area contributed by atoms with Gasteiger partial charge in [0.2, 0.25) is 0 Å². The molecule has 0 amide bonds. The second kappa shape index (κ2) is 8.41. The van der Waals surface area contributed by atoms with Crippen molar-refractivity contribution in [2.75, 3.05) is 0 Å². The van der Waals surface area contributed by atoms with Crippen molar-refractivity contribution in [3.05, 3.63) is 54.3 Å². The number of hydrogen-bond acceptors (Lipinski definition) is 5. The van der Waals surface area contributed by atoms with Gasteiger partial charge < -0.3 is 9.47 Å². The summed E-state index contributed by atoms with van der Waals surface area (Å²) in [6, 6.07) is 7.62. The van der Waals surface area contributed by atoms with E-state index in [4.69, 9.17) is 15.3 Å². The zero-order valence-electron chi connectivity index (χ0n) is 14.9. The Morgan fingerprint density at radius 2 is 2.00 bits per heavy atom. The number of hydrazine groups is 1. The summed E-state index contributed by atoms with van der Waals surface area (Å²) in [5.74, 6) is 12.1. The van der Waals surface area contributed by atoms with Gasteiger partial charge in [0.05, 0.1) is 0 Å². The first kappa shape index (κ1) is 18.6. The van der Waals surface area contributed by atoms with Crippen LogP contribution >= 0.6 is 0 Å². The number of nitrogens with two attached hydrogens (primary N) is 1. The molecule has 132 valence electrons. The number of aryl methyl sites for hydroxylation is 1. The standard InChI is InChI=1S/C20H24N2O3/c1-4-16-8-10-17(11-9-16)24-19(25-18(23)5-2)12-14-20(3)13-6-7-15-22(20)21/h6-11,13,15,19H,4-5,21H2,1-3H3. The van der Waals surface area contributed by atoms with Gasteiger partial charge in [0.1, 0.15) is 11.3 Å². The van der Waals surface area contributed by atoms with Gasteiger partial charge in [0.25, 0.3) is 0 Å². The van der Waals surface area contributed by atoms with Crippen LogP contribution in [-0.4, -0.2) is 22.8 Å². The molecule has 0 aliphatic carbocycles. The van der Waals surface area contributed by atoms with Crippen LogP contribution in [0.4, 0.5) is 0 Å². The molecule has 1 heterocycles. The van der Waals surface area contributed by atoms with Crippen LogP contribution in [0.5, 0.6) is 5.75 Å². The summed E-state index contributed by atoms with van der Waals surface area (Å²) >= 11 is 0. The van der Waals surface area contributed by atoms with E-state index in [9.17, 15) is 4.79 Å². The van der Waals surface area contributed by atoms with Gasteiger partial charge in [0, 0.05) is 12.6 Å². The molecule has 5 heteroatoms. The third-order valence-corrected chi connectivity index (χ3v) is 3.86. The maximum absolute atomic E-state index is 11.7. The molecule has 0 aromatic heterocycles. The summed E-state index contributed by atoms with van der Waals surface area (Å²) in [7, 11) is 0. The first-order valence-electron chi connectivity index (χ1n) is 8.34. The molecule has 0 bridgehead atoms. The number of nitrogens with zero attached hydrogens (tertiary/aromatic N) is 1. The van der Waals surface area contributed by atoms with Crippen molar-refractivity contribution >= 4 is 5.97 Å². The van der Waals surface area contributed by atoms with Crippen LogP contribution in [-0.2, 0) is 16.0 Å². The van der Waals surface area contributed by atoms with E-state index in [1.54, 1.807) is 13.1 Å². The van der Waals surface area contributed by atoms with Crippen LogP contribution in [0.3, 0.4) is 0 Å². The van der Waals surface area contributed by atoms with Gasteiger partial charge >= 0.3 is 12.3 Å². The molecular weight excluding hydrogens is 316 g/mol. The molecule has 5 nitrogen and oxygen atoms in total. The molecule has 25 heavy (non-hydrogen) atoms. The smallest absolute Gasteiger partial charge is 0.309 e. The molecule has 1 aliphatic rings. The topological polar surface area (TPSA) is 64.8 Å². The summed E-state index contributed by atoms with van der Waals surface area (Å²) in [4.78, 5) is 11.7. The quantitative estimate of drug-likeness (QED) is 0.386. The Labute approximate surface area is 149 Å². The minimum absolute atomic E-state index is 0.249. The number of esters is 1. The number of ether oxygens (including phenoxy) is 2. The zero-order valence-corrected chi connectivity index (χ0v) is 14.9. The molecule has 0 saturated carbocycles. The van der Waals surface area contributed by atoms with Crippen LogP contribution in [0.1, 0.15) is 32.8 Å². The van der Waals surface area contributed by atoms with E-state index in [1.165, 1.54) is 10.6 Å². The molecule has 2 rings (SSSR count). The molecule has 1 aromatic rings. The average Bonchev–Trinajstić information content (AvgIpc) is 2.63. The van der Waals surface area contributed by atoms with Gasteiger partial charge in [-0.15, -0.1) is 0 Å². The molecule has 0 radical (unpaired) electrons. The lowest BCUT2D eigenvalue weighted by atomic mass is 10.00. The largest absolute Gasteiger partial charge is 0.444 e. The Bertz CT molecular complexity index is 713. The van der Waals surface area contributed by atoms with Crippen molar-refractivity contribution in [3.8, 4) is 17.6 Å². The first-order chi connectivity index (χ1) is 12.0. The molecular formula is C20H24N2O3. The fourth-order valence-electron chi connectivity index (χ4n) is 2.15. The van der Waals surface area contributed by atoms with Crippen molar-refractivity contribution < 1.29 is 14.3 Å². The van der Waals surface area contributed by atoms with Crippen molar-refractivity contribution in [1.82, 2.24) is 5.01 Å². The highest BCUT2D eigenvalue weighted by atomic mass is 16.7. The van der Waals surface area contributed by atoms with Gasteiger partial charge in [-0.25, -0.2) is 5.84 Å². The van der Waals surface area contributed by atoms with Gasteiger partial charge in [-0.3, -0.25) is 9.80 Å². The number of carbonyl (C=O) groups excluding carboxylic acids is 1. The predicted octanol–water partition coefficient (Wildman–Crippen LogP) is 2.93. The van der Waals surface area contributed by atoms with E-state index in [0.717, 1.165) is 6.42 Å². The van der Waals surface area contributed by atoms with E-state index < -0.39 is 11.8 Å². The maximum Gasteiger partial charge on any atom is 0.309 e. The number of allylic oxidation sites excluding steroid dienone is 2. The van der Waals surface area contributed by atoms with E-state index in [1.807, 2.05) is 49.4 Å². The van der Waals surface area contributed by atoms with Gasteiger partial charge in [-0.1, -0.05) is 38.0 Å². The van der Waals surface area contributed by atoms with Crippen molar-refractivity contribution in [2.45, 2.75) is 45.4 Å². The van der Waals surface area contributed by atoms with Crippen LogP contribution in [0.15, 0.2) is 48.7 Å². The van der Waals surface area contributed by atoms with Gasteiger partial charge in [0.15, 0.2) is 0 Å². The Kier molecular flexibility index (Phi) is 6.26. The van der Waals surface area contributed by atoms with Gasteiger partial charge in [-0.2, -0.15) is 0 Å². The zero-order chi connectivity index (χ0) is 18.3. The SMILES string of the molecule is CCC(=O)OC(C#CC1(C)C=CC=CN1N)Oc1ccc(CC)cc1. The molecule has 1 aromatic carbocycles. The van der Waals surface area contributed by atoms with Crippen LogP contribution in [0.25, 0.3) is 0 Å². The summed E-state index contributed by atoms with van der Waals surface area (Å²) < 4.78 is 11.0. The lowest BCUT2D eigenvalue weighted by Gasteiger charge is -2.31. The summed E-state index contributed by atoms with van der Waals surface area (Å²) in [5.41, 5.74) is 0.507. The molecule has 0 spiro atoms. The second-order valence-corrected chi connectivity index (χ2v) is 5.82. The van der Waals surface area contributed by atoms with E-state index in [0.29, 0.717) is 5.75 Å². The molecule has 2 unspecified atom stereocenters. The van der Waals surface area contributed by atoms with Gasteiger partial charge in [-0.05, 0) is 49.1 Å². The molecule has 0 saturated heterocycles. The van der Waals surface area contributed by atoms with E-state index in [-0.39, 0.29) is 12.4 Å². The lowest BCUT2D eigenvalue weighted by molar-refractivity contribution is -0.156. The lowest BCUT2D eigenvalue weighted by Crippen LogP contribution is -2.46. The summed E-state index contributed by atoms with van der Waals surface area (Å²) in [6.07, 6.45) is 7.49. The Hall–Kier alpha value is -2.71. The fraction of sp³-hybridized carbons (Fsp3) is 0.350. The fourth-order valence-corrected chi connectivity index (χ4v) is 2.15. The van der Waals surface area contributed by atoms with Crippen LogP contribution in [0.2, 0.25) is 0 Å². The number of hydrogen-bond donors (Lipinski definition) is 1. The van der Waals surface area contributed by atoms with Crippen LogP contribution in [0, 0.1) is 11.8 Å². The highest BCUT2D eigenvalue weighted by Gasteiger charge is 2.24. The number of rotatable bonds is 5. The predicted molar refractivity (Wildman–Crippen MR) is 97.1 cm³/mol. The average molecular weight is 340 g/mol. The summed E-state index contributed by atoms with van der Waals surface area (Å²) in [6.45, 7) is 5.67. The van der Waals surface area contributed by atoms with Crippen LogP contribution < -0.4 is 10.6 Å². The normalized spacial score (nSPS) is 19.8. The summed E-state index contributed by atoms with van der Waals surface area (Å²) in [5, 5.41) is 1.49. The Balaban J connectivity index is 2.18.